The van der Waals surface area contributed by atoms with E-state index < -0.39 is 0 Å². The van der Waals surface area contributed by atoms with Crippen molar-refractivity contribution in [1.82, 2.24) is 10.2 Å². The molecular weight excluding hydrogens is 308 g/mol. The Morgan fingerprint density at radius 3 is 2.44 bits per heavy atom. The van der Waals surface area contributed by atoms with Gasteiger partial charge in [0.25, 0.3) is 0 Å². The number of methoxy groups -OCH3 is 1. The van der Waals surface area contributed by atoms with E-state index in [0.717, 1.165) is 25.3 Å². The number of hydrogen-bond acceptors (Lipinski definition) is 3. The summed E-state index contributed by atoms with van der Waals surface area (Å²) in [6.07, 6.45) is 3.71. The van der Waals surface area contributed by atoms with Gasteiger partial charge in [-0.25, -0.2) is 0 Å². The Morgan fingerprint density at radius 1 is 1.04 bits per heavy atom. The molecule has 0 spiro atoms. The van der Waals surface area contributed by atoms with Crippen LogP contribution in [0.2, 0.25) is 0 Å². The standard InChI is InChI=1S/C22H30N2O/c1-3-18-9-11-19(12-10-18)16-23-17-22(24-13-4-5-14-24)20-7-6-8-21(15-20)25-2/h6-12,15,22-23H,3-5,13-14,16-17H2,1-2H3/t22-/m1/s1. The van der Waals surface area contributed by atoms with Crippen LogP contribution in [0.3, 0.4) is 0 Å². The zero-order valence-electron chi connectivity index (χ0n) is 15.5. The molecule has 0 unspecified atom stereocenters. The summed E-state index contributed by atoms with van der Waals surface area (Å²) in [6, 6.07) is 17.9. The van der Waals surface area contributed by atoms with Crippen LogP contribution in [0.4, 0.5) is 0 Å². The normalized spacial score (nSPS) is 16.1. The first-order valence-corrected chi connectivity index (χ1v) is 9.46. The molecular formula is C22H30N2O. The summed E-state index contributed by atoms with van der Waals surface area (Å²) in [4.78, 5) is 2.60. The van der Waals surface area contributed by atoms with E-state index in [9.17, 15) is 0 Å². The second-order valence-electron chi connectivity index (χ2n) is 6.84. The van der Waals surface area contributed by atoms with Gasteiger partial charge >= 0.3 is 0 Å². The summed E-state index contributed by atoms with van der Waals surface area (Å²) in [6.45, 7) is 6.45. The Bertz CT molecular complexity index is 647. The van der Waals surface area contributed by atoms with Crippen molar-refractivity contribution >= 4 is 0 Å². The molecule has 0 saturated carbocycles. The van der Waals surface area contributed by atoms with Gasteiger partial charge in [0.2, 0.25) is 0 Å². The maximum absolute atomic E-state index is 5.42. The molecule has 1 N–H and O–H groups in total. The lowest BCUT2D eigenvalue weighted by molar-refractivity contribution is 0.238. The van der Waals surface area contributed by atoms with Crippen LogP contribution < -0.4 is 10.1 Å². The highest BCUT2D eigenvalue weighted by molar-refractivity contribution is 5.31. The quantitative estimate of drug-likeness (QED) is 0.781. The number of ether oxygens (including phenoxy) is 1. The van der Waals surface area contributed by atoms with Crippen LogP contribution in [0, 0.1) is 0 Å². The van der Waals surface area contributed by atoms with E-state index in [1.165, 1.54) is 42.6 Å². The number of hydrogen-bond donors (Lipinski definition) is 1. The van der Waals surface area contributed by atoms with Crippen LogP contribution in [0.5, 0.6) is 5.75 Å². The fourth-order valence-corrected chi connectivity index (χ4v) is 3.61. The Kier molecular flexibility index (Phi) is 6.48. The largest absolute Gasteiger partial charge is 0.497 e. The lowest BCUT2D eigenvalue weighted by Gasteiger charge is -2.28. The topological polar surface area (TPSA) is 24.5 Å². The molecule has 1 fully saturated rings. The van der Waals surface area contributed by atoms with Crippen LogP contribution in [-0.2, 0) is 13.0 Å². The molecule has 0 radical (unpaired) electrons. The number of likely N-dealkylation sites (tertiary alicyclic amines) is 1. The number of aryl methyl sites for hydroxylation is 1. The molecule has 25 heavy (non-hydrogen) atoms. The second kappa shape index (κ2) is 9.02. The third kappa shape index (κ3) is 4.83. The highest BCUT2D eigenvalue weighted by Crippen LogP contribution is 2.27. The zero-order valence-corrected chi connectivity index (χ0v) is 15.5. The van der Waals surface area contributed by atoms with E-state index >= 15 is 0 Å². The average molecular weight is 338 g/mol. The fraction of sp³-hybridized carbons (Fsp3) is 0.455. The highest BCUT2D eigenvalue weighted by Gasteiger charge is 2.23. The molecule has 0 aliphatic carbocycles. The fourth-order valence-electron chi connectivity index (χ4n) is 3.61. The Balaban J connectivity index is 1.64. The summed E-state index contributed by atoms with van der Waals surface area (Å²) < 4.78 is 5.42. The molecule has 0 amide bonds. The van der Waals surface area contributed by atoms with Crippen LogP contribution in [-0.4, -0.2) is 31.6 Å². The Morgan fingerprint density at radius 2 is 1.76 bits per heavy atom. The first kappa shape index (κ1) is 18.0. The van der Waals surface area contributed by atoms with Crippen LogP contribution in [0.15, 0.2) is 48.5 Å². The molecule has 1 saturated heterocycles. The average Bonchev–Trinajstić information content (AvgIpc) is 3.20. The van der Waals surface area contributed by atoms with Gasteiger partial charge < -0.3 is 10.1 Å². The lowest BCUT2D eigenvalue weighted by Crippen LogP contribution is -2.34. The maximum atomic E-state index is 5.42. The van der Waals surface area contributed by atoms with Crippen LogP contribution in [0.1, 0.15) is 42.5 Å². The molecule has 1 aliphatic rings. The highest BCUT2D eigenvalue weighted by atomic mass is 16.5. The summed E-state index contributed by atoms with van der Waals surface area (Å²) in [7, 11) is 1.74. The van der Waals surface area contributed by atoms with E-state index in [1.54, 1.807) is 7.11 Å². The van der Waals surface area contributed by atoms with Gasteiger partial charge in [0.05, 0.1) is 7.11 Å². The van der Waals surface area contributed by atoms with E-state index in [2.05, 4.69) is 59.6 Å². The van der Waals surface area contributed by atoms with Crippen molar-refractivity contribution in [2.75, 3.05) is 26.7 Å². The number of benzene rings is 2. The summed E-state index contributed by atoms with van der Waals surface area (Å²) in [5.74, 6) is 0.942. The van der Waals surface area contributed by atoms with Gasteiger partial charge in [-0.05, 0) is 61.2 Å². The third-order valence-electron chi connectivity index (χ3n) is 5.16. The van der Waals surface area contributed by atoms with Gasteiger partial charge in [-0.1, -0.05) is 43.3 Å². The van der Waals surface area contributed by atoms with E-state index in [-0.39, 0.29) is 0 Å². The van der Waals surface area contributed by atoms with Crippen molar-refractivity contribution in [2.24, 2.45) is 0 Å². The smallest absolute Gasteiger partial charge is 0.119 e. The molecule has 3 heteroatoms. The summed E-state index contributed by atoms with van der Waals surface area (Å²) >= 11 is 0. The molecule has 3 nitrogen and oxygen atoms in total. The van der Waals surface area contributed by atoms with Gasteiger partial charge in [0.1, 0.15) is 5.75 Å². The van der Waals surface area contributed by atoms with Crippen molar-refractivity contribution in [3.05, 3.63) is 65.2 Å². The van der Waals surface area contributed by atoms with Gasteiger partial charge in [-0.3, -0.25) is 4.90 Å². The van der Waals surface area contributed by atoms with Gasteiger partial charge in [-0.15, -0.1) is 0 Å². The maximum Gasteiger partial charge on any atom is 0.119 e. The Labute approximate surface area is 152 Å². The third-order valence-corrected chi connectivity index (χ3v) is 5.16. The van der Waals surface area contributed by atoms with E-state index in [0.29, 0.717) is 6.04 Å². The van der Waals surface area contributed by atoms with Crippen molar-refractivity contribution in [1.29, 1.82) is 0 Å². The molecule has 1 heterocycles. The molecule has 2 aromatic carbocycles. The molecule has 1 aliphatic heterocycles. The van der Waals surface area contributed by atoms with Crippen molar-refractivity contribution < 1.29 is 4.74 Å². The molecule has 0 bridgehead atoms. The van der Waals surface area contributed by atoms with Crippen LogP contribution in [0.25, 0.3) is 0 Å². The molecule has 134 valence electrons. The number of rotatable bonds is 8. The minimum Gasteiger partial charge on any atom is -0.497 e. The van der Waals surface area contributed by atoms with Gasteiger partial charge in [-0.2, -0.15) is 0 Å². The minimum atomic E-state index is 0.410. The van der Waals surface area contributed by atoms with Crippen LogP contribution >= 0.6 is 0 Å². The number of nitrogens with zero attached hydrogens (tertiary/aromatic N) is 1. The molecule has 2 aromatic rings. The monoisotopic (exact) mass is 338 g/mol. The Hall–Kier alpha value is -1.84. The minimum absolute atomic E-state index is 0.410. The SMILES string of the molecule is CCc1ccc(CNC[C@H](c2cccc(OC)c2)N2CCCC2)cc1. The molecule has 1 atom stereocenters. The van der Waals surface area contributed by atoms with Gasteiger partial charge in [0.15, 0.2) is 0 Å². The molecule has 3 rings (SSSR count). The van der Waals surface area contributed by atoms with Crippen molar-refractivity contribution in [2.45, 2.75) is 38.8 Å². The van der Waals surface area contributed by atoms with Crippen molar-refractivity contribution in [3.8, 4) is 5.75 Å². The zero-order chi connectivity index (χ0) is 17.5. The predicted octanol–water partition coefficient (Wildman–Crippen LogP) is 4.18. The predicted molar refractivity (Wildman–Crippen MR) is 104 cm³/mol. The summed E-state index contributed by atoms with van der Waals surface area (Å²) in [5, 5.41) is 3.67. The first-order valence-electron chi connectivity index (χ1n) is 9.46. The lowest BCUT2D eigenvalue weighted by atomic mass is 10.0. The summed E-state index contributed by atoms with van der Waals surface area (Å²) in [5.41, 5.74) is 4.09. The van der Waals surface area contributed by atoms with Crippen molar-refractivity contribution in [3.63, 3.8) is 0 Å². The molecule has 0 aromatic heterocycles. The second-order valence-corrected chi connectivity index (χ2v) is 6.84. The number of nitrogens with one attached hydrogen (secondary N) is 1. The van der Waals surface area contributed by atoms with Gasteiger partial charge in [0, 0.05) is 19.1 Å². The van der Waals surface area contributed by atoms with E-state index in [1.807, 2.05) is 6.07 Å². The van der Waals surface area contributed by atoms with E-state index in [4.69, 9.17) is 4.74 Å². The first-order chi connectivity index (χ1) is 12.3.